The highest BCUT2D eigenvalue weighted by molar-refractivity contribution is 6.06. The summed E-state index contributed by atoms with van der Waals surface area (Å²) in [5.41, 5.74) is 2.63. The van der Waals surface area contributed by atoms with Gasteiger partial charge in [0.25, 0.3) is 5.91 Å². The van der Waals surface area contributed by atoms with Crippen molar-refractivity contribution >= 4 is 28.5 Å². The number of carbonyl (C=O) groups is 2. The van der Waals surface area contributed by atoms with Crippen molar-refractivity contribution in [1.29, 1.82) is 0 Å². The van der Waals surface area contributed by atoms with Gasteiger partial charge in [0.2, 0.25) is 0 Å². The Morgan fingerprint density at radius 3 is 2.67 bits per heavy atom. The summed E-state index contributed by atoms with van der Waals surface area (Å²) >= 11 is 0. The Kier molecular flexibility index (Phi) is 6.15. The Labute approximate surface area is 191 Å². The number of ether oxygens (including phenoxy) is 1. The molecule has 33 heavy (non-hydrogen) atoms. The monoisotopic (exact) mass is 452 g/mol. The molecule has 1 atom stereocenters. The Hall–Kier alpha value is -3.35. The van der Waals surface area contributed by atoms with Crippen molar-refractivity contribution in [2.24, 2.45) is 11.3 Å². The molecule has 1 aliphatic carbocycles. The van der Waals surface area contributed by atoms with E-state index >= 15 is 0 Å². The number of para-hydroxylation sites is 1. The predicted molar refractivity (Wildman–Crippen MR) is 122 cm³/mol. The molecule has 1 amide bonds. The van der Waals surface area contributed by atoms with E-state index in [9.17, 15) is 18.4 Å². The van der Waals surface area contributed by atoms with Gasteiger partial charge in [0.15, 0.2) is 6.61 Å². The smallest absolute Gasteiger partial charge is 0.339 e. The highest BCUT2D eigenvalue weighted by Crippen LogP contribution is 2.39. The number of hydrogen-bond donors (Lipinski definition) is 1. The number of anilines is 1. The number of pyridine rings is 1. The molecule has 4 rings (SSSR count). The van der Waals surface area contributed by atoms with Crippen molar-refractivity contribution in [1.82, 2.24) is 4.98 Å². The predicted octanol–water partition coefficient (Wildman–Crippen LogP) is 5.46. The van der Waals surface area contributed by atoms with Crippen LogP contribution in [-0.4, -0.2) is 23.5 Å². The SMILES string of the molecule is CC(C)(C)C1CCc2nc3ccccc3c(C(=O)OCC(=O)Nc3cc(F)ccc3F)c2C1. The molecule has 172 valence electrons. The molecule has 5 nitrogen and oxygen atoms in total. The Bertz CT molecular complexity index is 1230. The van der Waals surface area contributed by atoms with E-state index in [-0.39, 0.29) is 11.1 Å². The van der Waals surface area contributed by atoms with E-state index in [1.165, 1.54) is 0 Å². The lowest BCUT2D eigenvalue weighted by molar-refractivity contribution is -0.119. The molecule has 1 heterocycles. The second-order valence-electron chi connectivity index (χ2n) is 9.48. The number of hydrogen-bond acceptors (Lipinski definition) is 4. The van der Waals surface area contributed by atoms with Gasteiger partial charge in [-0.15, -0.1) is 0 Å². The van der Waals surface area contributed by atoms with E-state index < -0.39 is 30.1 Å². The molecular weight excluding hydrogens is 426 g/mol. The van der Waals surface area contributed by atoms with Crippen LogP contribution < -0.4 is 5.32 Å². The number of amides is 1. The summed E-state index contributed by atoms with van der Waals surface area (Å²) in [5.74, 6) is -2.48. The molecular formula is C26H26F2N2O3. The van der Waals surface area contributed by atoms with E-state index in [1.807, 2.05) is 24.3 Å². The number of aromatic nitrogens is 1. The van der Waals surface area contributed by atoms with Gasteiger partial charge in [0.1, 0.15) is 11.6 Å². The third-order valence-electron chi connectivity index (χ3n) is 6.22. The van der Waals surface area contributed by atoms with Gasteiger partial charge in [-0.25, -0.2) is 13.6 Å². The van der Waals surface area contributed by atoms with Crippen molar-refractivity contribution in [3.63, 3.8) is 0 Å². The van der Waals surface area contributed by atoms with Crippen LogP contribution in [0.1, 0.15) is 48.8 Å². The molecule has 1 aliphatic rings. The topological polar surface area (TPSA) is 68.3 Å². The van der Waals surface area contributed by atoms with Gasteiger partial charge in [0, 0.05) is 17.1 Å². The van der Waals surface area contributed by atoms with Crippen molar-refractivity contribution in [3.05, 3.63) is 70.9 Å². The molecule has 7 heteroatoms. The second-order valence-corrected chi connectivity index (χ2v) is 9.48. The maximum atomic E-state index is 13.8. The average Bonchev–Trinajstić information content (AvgIpc) is 2.77. The van der Waals surface area contributed by atoms with Gasteiger partial charge in [-0.3, -0.25) is 9.78 Å². The van der Waals surface area contributed by atoms with E-state index in [2.05, 4.69) is 26.1 Å². The quantitative estimate of drug-likeness (QED) is 0.534. The number of aryl methyl sites for hydroxylation is 1. The largest absolute Gasteiger partial charge is 0.452 e. The third-order valence-corrected chi connectivity index (χ3v) is 6.22. The molecule has 0 saturated heterocycles. The van der Waals surface area contributed by atoms with E-state index in [0.29, 0.717) is 28.8 Å². The first-order chi connectivity index (χ1) is 15.6. The standard InChI is InChI=1S/C26H26F2N2O3/c1-26(2,3)15-8-11-21-18(12-15)24(17-6-4-5-7-20(17)29-21)25(32)33-14-23(31)30-22-13-16(27)9-10-19(22)28/h4-7,9-10,13,15H,8,11-12,14H2,1-3H3,(H,30,31). The van der Waals surface area contributed by atoms with Crippen molar-refractivity contribution in [2.45, 2.75) is 40.0 Å². The lowest BCUT2D eigenvalue weighted by Gasteiger charge is -2.35. The van der Waals surface area contributed by atoms with Crippen LogP contribution >= 0.6 is 0 Å². The van der Waals surface area contributed by atoms with Crippen LogP contribution in [-0.2, 0) is 22.4 Å². The number of carbonyl (C=O) groups excluding carboxylic acids is 2. The van der Waals surface area contributed by atoms with Gasteiger partial charge in [-0.2, -0.15) is 0 Å². The van der Waals surface area contributed by atoms with Crippen LogP contribution in [0.4, 0.5) is 14.5 Å². The Morgan fingerprint density at radius 1 is 1.15 bits per heavy atom. The van der Waals surface area contributed by atoms with Crippen molar-refractivity contribution in [3.8, 4) is 0 Å². The van der Waals surface area contributed by atoms with Crippen LogP contribution in [0.15, 0.2) is 42.5 Å². The zero-order valence-corrected chi connectivity index (χ0v) is 18.9. The highest BCUT2D eigenvalue weighted by atomic mass is 19.1. The third kappa shape index (κ3) is 4.87. The van der Waals surface area contributed by atoms with Gasteiger partial charge in [0.05, 0.1) is 16.8 Å². The van der Waals surface area contributed by atoms with Crippen molar-refractivity contribution < 1.29 is 23.1 Å². The number of nitrogens with zero attached hydrogens (tertiary/aromatic N) is 1. The molecule has 0 spiro atoms. The molecule has 0 aliphatic heterocycles. The average molecular weight is 453 g/mol. The first-order valence-corrected chi connectivity index (χ1v) is 11.0. The molecule has 1 aromatic heterocycles. The normalized spacial score (nSPS) is 15.7. The summed E-state index contributed by atoms with van der Waals surface area (Å²) < 4.78 is 32.5. The van der Waals surface area contributed by atoms with E-state index in [1.54, 1.807) is 0 Å². The molecule has 1 N–H and O–H groups in total. The summed E-state index contributed by atoms with van der Waals surface area (Å²) in [6.45, 7) is 5.93. The van der Waals surface area contributed by atoms with Gasteiger partial charge < -0.3 is 10.1 Å². The summed E-state index contributed by atoms with van der Waals surface area (Å²) in [4.78, 5) is 30.2. The van der Waals surface area contributed by atoms with Crippen LogP contribution in [0.3, 0.4) is 0 Å². The molecule has 0 fully saturated rings. The highest BCUT2D eigenvalue weighted by Gasteiger charge is 2.33. The van der Waals surface area contributed by atoms with E-state index in [0.717, 1.165) is 42.3 Å². The van der Waals surface area contributed by atoms with Crippen molar-refractivity contribution in [2.75, 3.05) is 11.9 Å². The summed E-state index contributed by atoms with van der Waals surface area (Å²) in [6, 6.07) is 10.1. The lowest BCUT2D eigenvalue weighted by Crippen LogP contribution is -2.29. The molecule has 1 unspecified atom stereocenters. The maximum Gasteiger partial charge on any atom is 0.339 e. The summed E-state index contributed by atoms with van der Waals surface area (Å²) in [5, 5.41) is 2.91. The lowest BCUT2D eigenvalue weighted by atomic mass is 9.70. The van der Waals surface area contributed by atoms with E-state index in [4.69, 9.17) is 9.72 Å². The fourth-order valence-electron chi connectivity index (χ4n) is 4.34. The Morgan fingerprint density at radius 2 is 1.91 bits per heavy atom. The van der Waals surface area contributed by atoms with Gasteiger partial charge in [-0.05, 0) is 54.4 Å². The van der Waals surface area contributed by atoms with Crippen LogP contribution in [0.25, 0.3) is 10.9 Å². The number of esters is 1. The second kappa shape index (κ2) is 8.89. The Balaban J connectivity index is 1.60. The molecule has 3 aromatic rings. The molecule has 0 radical (unpaired) electrons. The molecule has 2 aromatic carbocycles. The first-order valence-electron chi connectivity index (χ1n) is 11.0. The van der Waals surface area contributed by atoms with Gasteiger partial charge in [-0.1, -0.05) is 39.0 Å². The van der Waals surface area contributed by atoms with Crippen LogP contribution in [0.5, 0.6) is 0 Å². The summed E-state index contributed by atoms with van der Waals surface area (Å²) in [6.07, 6.45) is 2.45. The zero-order chi connectivity index (χ0) is 23.8. The van der Waals surface area contributed by atoms with Crippen LogP contribution in [0.2, 0.25) is 0 Å². The number of benzene rings is 2. The molecule has 0 saturated carbocycles. The number of fused-ring (bicyclic) bond motifs is 2. The summed E-state index contributed by atoms with van der Waals surface area (Å²) in [7, 11) is 0. The first kappa shape index (κ1) is 22.8. The molecule has 0 bridgehead atoms. The maximum absolute atomic E-state index is 13.8. The number of rotatable bonds is 4. The number of halogens is 2. The minimum atomic E-state index is -0.779. The minimum Gasteiger partial charge on any atom is -0.452 e. The zero-order valence-electron chi connectivity index (χ0n) is 18.9. The van der Waals surface area contributed by atoms with Crippen LogP contribution in [0, 0.1) is 23.0 Å². The number of nitrogens with one attached hydrogen (secondary N) is 1. The minimum absolute atomic E-state index is 0.0689. The van der Waals surface area contributed by atoms with Gasteiger partial charge >= 0.3 is 5.97 Å². The fraction of sp³-hybridized carbons (Fsp3) is 0.346. The fourth-order valence-corrected chi connectivity index (χ4v) is 4.34.